The lowest BCUT2D eigenvalue weighted by atomic mass is 9.95. The summed E-state index contributed by atoms with van der Waals surface area (Å²) < 4.78 is 0. The van der Waals surface area contributed by atoms with Gasteiger partial charge in [0, 0.05) is 12.1 Å². The molecule has 1 fully saturated rings. The lowest BCUT2D eigenvalue weighted by Crippen LogP contribution is -2.29. The predicted molar refractivity (Wildman–Crippen MR) is 48.2 cm³/mol. The number of rotatable bonds is 3. The van der Waals surface area contributed by atoms with Gasteiger partial charge < -0.3 is 11.5 Å². The van der Waals surface area contributed by atoms with Crippen LogP contribution in [0.3, 0.4) is 0 Å². The van der Waals surface area contributed by atoms with Crippen molar-refractivity contribution >= 4 is 0 Å². The van der Waals surface area contributed by atoms with E-state index in [2.05, 4.69) is 6.92 Å². The van der Waals surface area contributed by atoms with Crippen LogP contribution in [0.5, 0.6) is 0 Å². The molecular formula is C9H20N2. The van der Waals surface area contributed by atoms with E-state index in [-0.39, 0.29) is 0 Å². The molecule has 2 unspecified atom stereocenters. The lowest BCUT2D eigenvalue weighted by Gasteiger charge is -2.17. The van der Waals surface area contributed by atoms with Gasteiger partial charge in [-0.25, -0.2) is 0 Å². The van der Waals surface area contributed by atoms with E-state index >= 15 is 0 Å². The second-order valence-electron chi connectivity index (χ2n) is 3.79. The fourth-order valence-corrected chi connectivity index (χ4v) is 2.01. The molecule has 0 spiro atoms. The maximum absolute atomic E-state index is 6.00. The van der Waals surface area contributed by atoms with Gasteiger partial charge in [-0.1, -0.05) is 13.3 Å². The normalized spacial score (nSPS) is 34.1. The number of hydrogen-bond donors (Lipinski definition) is 2. The van der Waals surface area contributed by atoms with Crippen LogP contribution in [0.1, 0.15) is 39.0 Å². The van der Waals surface area contributed by atoms with Crippen LogP contribution in [0.15, 0.2) is 0 Å². The van der Waals surface area contributed by atoms with E-state index in [1.165, 1.54) is 19.3 Å². The topological polar surface area (TPSA) is 52.0 Å². The molecule has 1 rings (SSSR count). The quantitative estimate of drug-likeness (QED) is 0.646. The third-order valence-corrected chi connectivity index (χ3v) is 2.74. The Labute approximate surface area is 69.3 Å². The molecule has 0 radical (unpaired) electrons. The molecule has 0 bridgehead atoms. The van der Waals surface area contributed by atoms with Gasteiger partial charge in [0.15, 0.2) is 0 Å². The Balaban J connectivity index is 2.25. The SMILES string of the molecule is CCCC(N)C1CC[C@@H](N)C1. The van der Waals surface area contributed by atoms with Crippen molar-refractivity contribution < 1.29 is 0 Å². The minimum atomic E-state index is 0.411. The summed E-state index contributed by atoms with van der Waals surface area (Å²) in [5.41, 5.74) is 11.8. The highest BCUT2D eigenvalue weighted by molar-refractivity contribution is 4.84. The summed E-state index contributed by atoms with van der Waals surface area (Å²) in [5, 5.41) is 0. The fourth-order valence-electron chi connectivity index (χ4n) is 2.01. The molecule has 3 atom stereocenters. The van der Waals surface area contributed by atoms with Crippen molar-refractivity contribution in [1.82, 2.24) is 0 Å². The van der Waals surface area contributed by atoms with Gasteiger partial charge in [-0.3, -0.25) is 0 Å². The van der Waals surface area contributed by atoms with E-state index in [0.717, 1.165) is 12.8 Å². The van der Waals surface area contributed by atoms with Crippen LogP contribution in [-0.2, 0) is 0 Å². The molecule has 0 saturated heterocycles. The second kappa shape index (κ2) is 4.07. The minimum Gasteiger partial charge on any atom is -0.328 e. The Morgan fingerprint density at radius 2 is 2.18 bits per heavy atom. The van der Waals surface area contributed by atoms with Gasteiger partial charge in [0.05, 0.1) is 0 Å². The summed E-state index contributed by atoms with van der Waals surface area (Å²) in [5.74, 6) is 0.713. The van der Waals surface area contributed by atoms with Crippen LogP contribution in [0, 0.1) is 5.92 Å². The average Bonchev–Trinajstić information content (AvgIpc) is 2.36. The van der Waals surface area contributed by atoms with Crippen LogP contribution in [0.25, 0.3) is 0 Å². The number of nitrogens with two attached hydrogens (primary N) is 2. The molecule has 0 heterocycles. The first-order valence-corrected chi connectivity index (χ1v) is 4.75. The van der Waals surface area contributed by atoms with Crippen molar-refractivity contribution in [2.75, 3.05) is 0 Å². The van der Waals surface area contributed by atoms with Crippen molar-refractivity contribution in [3.05, 3.63) is 0 Å². The molecule has 1 aliphatic carbocycles. The summed E-state index contributed by atoms with van der Waals surface area (Å²) >= 11 is 0. The highest BCUT2D eigenvalue weighted by Gasteiger charge is 2.25. The van der Waals surface area contributed by atoms with Gasteiger partial charge in [-0.2, -0.15) is 0 Å². The highest BCUT2D eigenvalue weighted by Crippen LogP contribution is 2.27. The molecule has 0 aromatic heterocycles. The first-order chi connectivity index (χ1) is 5.24. The monoisotopic (exact) mass is 156 g/mol. The van der Waals surface area contributed by atoms with Crippen LogP contribution in [-0.4, -0.2) is 12.1 Å². The molecule has 4 N–H and O–H groups in total. The summed E-state index contributed by atoms with van der Waals surface area (Å²) in [7, 11) is 0. The van der Waals surface area contributed by atoms with Crippen LogP contribution >= 0.6 is 0 Å². The van der Waals surface area contributed by atoms with E-state index in [1.54, 1.807) is 0 Å². The third-order valence-electron chi connectivity index (χ3n) is 2.74. The molecule has 66 valence electrons. The van der Waals surface area contributed by atoms with Gasteiger partial charge in [-0.05, 0) is 31.6 Å². The van der Waals surface area contributed by atoms with Crippen LogP contribution < -0.4 is 11.5 Å². The lowest BCUT2D eigenvalue weighted by molar-refractivity contribution is 0.402. The van der Waals surface area contributed by atoms with E-state index in [1.807, 2.05) is 0 Å². The van der Waals surface area contributed by atoms with Crippen molar-refractivity contribution in [3.8, 4) is 0 Å². The van der Waals surface area contributed by atoms with Gasteiger partial charge in [0.2, 0.25) is 0 Å². The Kier molecular flexibility index (Phi) is 3.34. The molecule has 0 aromatic carbocycles. The Morgan fingerprint density at radius 3 is 2.64 bits per heavy atom. The van der Waals surface area contributed by atoms with Gasteiger partial charge >= 0.3 is 0 Å². The van der Waals surface area contributed by atoms with E-state index in [9.17, 15) is 0 Å². The standard InChI is InChI=1S/C9H20N2/c1-2-3-9(11)7-4-5-8(10)6-7/h7-9H,2-6,10-11H2,1H3/t7?,8-,9?/m1/s1. The second-order valence-corrected chi connectivity index (χ2v) is 3.79. The average molecular weight is 156 g/mol. The molecule has 1 aliphatic rings. The molecule has 2 nitrogen and oxygen atoms in total. The summed E-state index contributed by atoms with van der Waals surface area (Å²) in [6.45, 7) is 2.19. The summed E-state index contributed by atoms with van der Waals surface area (Å²) in [6.07, 6.45) is 5.95. The molecule has 2 heteroatoms. The minimum absolute atomic E-state index is 0.411. The number of hydrogen-bond acceptors (Lipinski definition) is 2. The van der Waals surface area contributed by atoms with Gasteiger partial charge in [-0.15, -0.1) is 0 Å². The Hall–Kier alpha value is -0.0800. The maximum Gasteiger partial charge on any atom is 0.00676 e. The highest BCUT2D eigenvalue weighted by atomic mass is 14.7. The molecule has 11 heavy (non-hydrogen) atoms. The molecule has 0 aromatic rings. The van der Waals surface area contributed by atoms with E-state index in [0.29, 0.717) is 18.0 Å². The zero-order valence-electron chi connectivity index (χ0n) is 7.42. The third kappa shape index (κ3) is 2.46. The Bertz CT molecular complexity index is 114. The summed E-state index contributed by atoms with van der Waals surface area (Å²) in [4.78, 5) is 0. The zero-order valence-corrected chi connectivity index (χ0v) is 7.42. The molecule has 0 amide bonds. The van der Waals surface area contributed by atoms with Crippen molar-refractivity contribution in [2.24, 2.45) is 17.4 Å². The van der Waals surface area contributed by atoms with Crippen molar-refractivity contribution in [1.29, 1.82) is 0 Å². The van der Waals surface area contributed by atoms with Crippen LogP contribution in [0.2, 0.25) is 0 Å². The zero-order chi connectivity index (χ0) is 8.27. The van der Waals surface area contributed by atoms with E-state index in [4.69, 9.17) is 11.5 Å². The maximum atomic E-state index is 6.00. The largest absolute Gasteiger partial charge is 0.328 e. The van der Waals surface area contributed by atoms with Gasteiger partial charge in [0.1, 0.15) is 0 Å². The molecule has 0 aliphatic heterocycles. The van der Waals surface area contributed by atoms with Gasteiger partial charge in [0.25, 0.3) is 0 Å². The fraction of sp³-hybridized carbons (Fsp3) is 1.00. The summed E-state index contributed by atoms with van der Waals surface area (Å²) in [6, 6.07) is 0.844. The van der Waals surface area contributed by atoms with Crippen LogP contribution in [0.4, 0.5) is 0 Å². The molecular weight excluding hydrogens is 136 g/mol. The molecule has 1 saturated carbocycles. The Morgan fingerprint density at radius 1 is 1.45 bits per heavy atom. The van der Waals surface area contributed by atoms with E-state index < -0.39 is 0 Å². The smallest absolute Gasteiger partial charge is 0.00676 e. The van der Waals surface area contributed by atoms with Crippen molar-refractivity contribution in [3.63, 3.8) is 0 Å². The predicted octanol–water partition coefficient (Wildman–Crippen LogP) is 1.24. The first-order valence-electron chi connectivity index (χ1n) is 4.75. The van der Waals surface area contributed by atoms with Crippen molar-refractivity contribution in [2.45, 2.75) is 51.1 Å². The first kappa shape index (κ1) is 9.01.